The summed E-state index contributed by atoms with van der Waals surface area (Å²) in [6, 6.07) is 22.9. The van der Waals surface area contributed by atoms with Crippen LogP contribution in [0.15, 0.2) is 84.0 Å². The Morgan fingerprint density at radius 3 is 2.37 bits per heavy atom. The summed E-state index contributed by atoms with van der Waals surface area (Å²) in [5.41, 5.74) is 7.13. The zero-order valence-corrected chi connectivity index (χ0v) is 23.3. The number of carbonyl (C=O) groups is 1. The van der Waals surface area contributed by atoms with E-state index in [1.165, 1.54) is 4.31 Å². The molecule has 1 heterocycles. The van der Waals surface area contributed by atoms with E-state index in [2.05, 4.69) is 10.5 Å². The molecular formula is C28H26Cl2N4O3S. The van der Waals surface area contributed by atoms with Gasteiger partial charge in [-0.1, -0.05) is 65.7 Å². The number of hydrogen-bond acceptors (Lipinski definition) is 4. The molecule has 0 fully saturated rings. The lowest BCUT2D eigenvalue weighted by atomic mass is 10.1. The molecule has 38 heavy (non-hydrogen) atoms. The summed E-state index contributed by atoms with van der Waals surface area (Å²) < 4.78 is 28.6. The predicted molar refractivity (Wildman–Crippen MR) is 154 cm³/mol. The number of carbonyl (C=O) groups excluding carboxylic acids is 1. The minimum Gasteiger partial charge on any atom is -0.316 e. The van der Waals surface area contributed by atoms with Crippen LogP contribution in [0.25, 0.3) is 5.69 Å². The molecule has 7 nitrogen and oxygen atoms in total. The number of nitrogens with one attached hydrogen (secondary N) is 1. The Hall–Kier alpha value is -3.59. The standard InChI is InChI=1S/C28H26Cl2N4O3S/c1-19-15-22(20(2)34(19)27-14-13-23(29)16-25(27)30)17-31-32-28(35)24-11-7-8-12-26(24)33(38(3,36)37)18-21-9-5-4-6-10-21/h4-17H,18H2,1-3H3,(H,32,35)/b31-17-. The topological polar surface area (TPSA) is 83.8 Å². The summed E-state index contributed by atoms with van der Waals surface area (Å²) in [6.07, 6.45) is 2.66. The average molecular weight is 570 g/mol. The van der Waals surface area contributed by atoms with Crippen molar-refractivity contribution in [1.82, 2.24) is 9.99 Å². The second-order valence-electron chi connectivity index (χ2n) is 8.73. The van der Waals surface area contributed by atoms with Crippen molar-refractivity contribution in [3.05, 3.63) is 117 Å². The van der Waals surface area contributed by atoms with Gasteiger partial charge in [0.25, 0.3) is 5.91 Å². The lowest BCUT2D eigenvalue weighted by Gasteiger charge is -2.24. The highest BCUT2D eigenvalue weighted by molar-refractivity contribution is 7.92. The first-order valence-electron chi connectivity index (χ1n) is 11.6. The van der Waals surface area contributed by atoms with Crippen molar-refractivity contribution >= 4 is 51.0 Å². The fourth-order valence-corrected chi connectivity index (χ4v) is 5.58. The molecule has 0 aliphatic rings. The molecule has 0 aliphatic carbocycles. The Morgan fingerprint density at radius 1 is 1.00 bits per heavy atom. The number of halogens is 2. The van der Waals surface area contributed by atoms with Crippen molar-refractivity contribution in [3.63, 3.8) is 0 Å². The third kappa shape index (κ3) is 6.10. The number of para-hydroxylation sites is 1. The molecule has 0 unspecified atom stereocenters. The van der Waals surface area contributed by atoms with Gasteiger partial charge in [-0.15, -0.1) is 0 Å². The summed E-state index contributed by atoms with van der Waals surface area (Å²) in [4.78, 5) is 13.1. The molecule has 0 bridgehead atoms. The van der Waals surface area contributed by atoms with E-state index in [0.717, 1.165) is 34.5 Å². The molecule has 0 radical (unpaired) electrons. The van der Waals surface area contributed by atoms with Crippen LogP contribution in [-0.2, 0) is 16.6 Å². The molecule has 0 saturated carbocycles. The molecule has 0 saturated heterocycles. The van der Waals surface area contributed by atoms with Crippen LogP contribution in [0.2, 0.25) is 10.0 Å². The maximum Gasteiger partial charge on any atom is 0.273 e. The van der Waals surface area contributed by atoms with Crippen molar-refractivity contribution in [2.75, 3.05) is 10.6 Å². The van der Waals surface area contributed by atoms with Gasteiger partial charge in [0.1, 0.15) is 0 Å². The lowest BCUT2D eigenvalue weighted by molar-refractivity contribution is 0.0955. The number of sulfonamides is 1. The molecule has 4 aromatic rings. The molecule has 0 atom stereocenters. The fraction of sp³-hybridized carbons (Fsp3) is 0.143. The normalized spacial score (nSPS) is 11.6. The fourth-order valence-electron chi connectivity index (χ4n) is 4.19. The number of anilines is 1. The van der Waals surface area contributed by atoms with Crippen molar-refractivity contribution in [3.8, 4) is 5.69 Å². The van der Waals surface area contributed by atoms with Gasteiger partial charge in [-0.05, 0) is 55.8 Å². The van der Waals surface area contributed by atoms with Crippen molar-refractivity contribution in [2.45, 2.75) is 20.4 Å². The van der Waals surface area contributed by atoms with Crippen molar-refractivity contribution in [1.29, 1.82) is 0 Å². The predicted octanol–water partition coefficient (Wildman–Crippen LogP) is 6.13. The highest BCUT2D eigenvalue weighted by Gasteiger charge is 2.23. The van der Waals surface area contributed by atoms with Gasteiger partial charge in [-0.25, -0.2) is 13.8 Å². The first-order valence-corrected chi connectivity index (χ1v) is 14.2. The Balaban J connectivity index is 1.59. The summed E-state index contributed by atoms with van der Waals surface area (Å²) in [5, 5.41) is 5.21. The van der Waals surface area contributed by atoms with E-state index in [-0.39, 0.29) is 17.8 Å². The minimum atomic E-state index is -3.68. The van der Waals surface area contributed by atoms with Gasteiger partial charge in [0.2, 0.25) is 10.0 Å². The Bertz CT molecular complexity index is 1620. The SMILES string of the molecule is Cc1cc(/C=N\NC(=O)c2ccccc2N(Cc2ccccc2)S(C)(=O)=O)c(C)n1-c1ccc(Cl)cc1Cl. The van der Waals surface area contributed by atoms with E-state index in [1.807, 2.05) is 60.9 Å². The van der Waals surface area contributed by atoms with E-state index < -0.39 is 15.9 Å². The van der Waals surface area contributed by atoms with Gasteiger partial charge in [0, 0.05) is 22.0 Å². The summed E-state index contributed by atoms with van der Waals surface area (Å²) in [7, 11) is -3.68. The number of aryl methyl sites for hydroxylation is 1. The van der Waals surface area contributed by atoms with E-state index in [9.17, 15) is 13.2 Å². The molecule has 0 aliphatic heterocycles. The van der Waals surface area contributed by atoms with Gasteiger partial charge >= 0.3 is 0 Å². The van der Waals surface area contributed by atoms with E-state index >= 15 is 0 Å². The molecule has 3 aromatic carbocycles. The second kappa shape index (κ2) is 11.4. The van der Waals surface area contributed by atoms with E-state index in [1.54, 1.807) is 42.6 Å². The molecule has 1 aromatic heterocycles. The smallest absolute Gasteiger partial charge is 0.273 e. The van der Waals surface area contributed by atoms with Crippen LogP contribution in [0.5, 0.6) is 0 Å². The van der Waals surface area contributed by atoms with Gasteiger partial charge in [-0.3, -0.25) is 9.10 Å². The number of aromatic nitrogens is 1. The molecular weight excluding hydrogens is 543 g/mol. The second-order valence-corrected chi connectivity index (χ2v) is 11.5. The third-order valence-electron chi connectivity index (χ3n) is 5.98. The Kier molecular flexibility index (Phi) is 8.26. The first kappa shape index (κ1) is 27.4. The average Bonchev–Trinajstić information content (AvgIpc) is 3.15. The summed E-state index contributed by atoms with van der Waals surface area (Å²) in [5.74, 6) is -0.534. The van der Waals surface area contributed by atoms with Crippen LogP contribution < -0.4 is 9.73 Å². The van der Waals surface area contributed by atoms with Crippen LogP contribution in [-0.4, -0.2) is 31.4 Å². The maximum atomic E-state index is 13.1. The van der Waals surface area contributed by atoms with Crippen LogP contribution in [0.3, 0.4) is 0 Å². The van der Waals surface area contributed by atoms with E-state index in [4.69, 9.17) is 23.2 Å². The lowest BCUT2D eigenvalue weighted by Crippen LogP contribution is -2.32. The molecule has 0 spiro atoms. The molecule has 4 rings (SSSR count). The minimum absolute atomic E-state index is 0.0898. The monoisotopic (exact) mass is 568 g/mol. The van der Waals surface area contributed by atoms with Gasteiger partial charge in [0.15, 0.2) is 0 Å². The van der Waals surface area contributed by atoms with Crippen LogP contribution >= 0.6 is 23.2 Å². The number of benzene rings is 3. The number of hydrogen-bond donors (Lipinski definition) is 1. The number of nitrogens with zero attached hydrogens (tertiary/aromatic N) is 3. The quantitative estimate of drug-likeness (QED) is 0.205. The maximum absolute atomic E-state index is 13.1. The highest BCUT2D eigenvalue weighted by atomic mass is 35.5. The molecule has 10 heteroatoms. The summed E-state index contributed by atoms with van der Waals surface area (Å²) >= 11 is 12.5. The zero-order valence-electron chi connectivity index (χ0n) is 21.0. The molecule has 196 valence electrons. The summed E-state index contributed by atoms with van der Waals surface area (Å²) in [6.45, 7) is 3.95. The number of rotatable bonds is 8. The van der Waals surface area contributed by atoms with Crippen molar-refractivity contribution < 1.29 is 13.2 Å². The van der Waals surface area contributed by atoms with Gasteiger partial charge in [-0.2, -0.15) is 5.10 Å². The zero-order chi connectivity index (χ0) is 27.4. The largest absolute Gasteiger partial charge is 0.316 e. The van der Waals surface area contributed by atoms with Crippen LogP contribution in [0.1, 0.15) is 32.9 Å². The highest BCUT2D eigenvalue weighted by Crippen LogP contribution is 2.29. The van der Waals surface area contributed by atoms with Crippen LogP contribution in [0, 0.1) is 13.8 Å². The van der Waals surface area contributed by atoms with E-state index in [0.29, 0.717) is 10.0 Å². The Labute approximate surface area is 232 Å². The Morgan fingerprint density at radius 2 is 1.68 bits per heavy atom. The van der Waals surface area contributed by atoms with Crippen LogP contribution in [0.4, 0.5) is 5.69 Å². The molecule has 1 N–H and O–H groups in total. The number of hydrazone groups is 1. The van der Waals surface area contributed by atoms with Gasteiger partial charge < -0.3 is 4.57 Å². The first-order chi connectivity index (χ1) is 18.1. The molecule has 1 amide bonds. The van der Waals surface area contributed by atoms with Crippen molar-refractivity contribution in [2.24, 2.45) is 5.10 Å². The van der Waals surface area contributed by atoms with Gasteiger partial charge in [0.05, 0.1) is 41.0 Å². The third-order valence-corrected chi connectivity index (χ3v) is 7.64. The number of amides is 1.